The lowest BCUT2D eigenvalue weighted by Crippen LogP contribution is -2.49. The van der Waals surface area contributed by atoms with E-state index in [-0.39, 0.29) is 36.0 Å². The number of carbonyl (C=O) groups is 1. The monoisotopic (exact) mass is 367 g/mol. The molecule has 8 heteroatoms. The molecule has 0 spiro atoms. The van der Waals surface area contributed by atoms with E-state index in [0.29, 0.717) is 44.8 Å². The molecule has 1 saturated heterocycles. The molecule has 2 fully saturated rings. The zero-order valence-corrected chi connectivity index (χ0v) is 15.5. The summed E-state index contributed by atoms with van der Waals surface area (Å²) in [7, 11) is -3.17. The second-order valence-electron chi connectivity index (χ2n) is 6.57. The molecule has 1 amide bonds. The fourth-order valence-corrected chi connectivity index (χ4v) is 5.08. The summed E-state index contributed by atoms with van der Waals surface area (Å²) in [5.74, 6) is 0.807. The third-order valence-electron chi connectivity index (χ3n) is 4.90. The number of likely N-dealkylation sites (tertiary alicyclic amines) is 1. The summed E-state index contributed by atoms with van der Waals surface area (Å²) in [5.41, 5.74) is 5.76. The highest BCUT2D eigenvalue weighted by Crippen LogP contribution is 2.33. The van der Waals surface area contributed by atoms with Crippen LogP contribution in [0.2, 0.25) is 0 Å². The number of carbonyl (C=O) groups excluding carboxylic acids is 1. The van der Waals surface area contributed by atoms with Gasteiger partial charge < -0.3 is 10.6 Å². The molecule has 2 rings (SSSR count). The minimum atomic E-state index is -3.17. The molecule has 1 aliphatic carbocycles. The molecule has 0 aromatic heterocycles. The van der Waals surface area contributed by atoms with E-state index in [0.717, 1.165) is 19.3 Å². The summed E-state index contributed by atoms with van der Waals surface area (Å²) in [6.07, 6.45) is 5.12. The Morgan fingerprint density at radius 1 is 1.22 bits per heavy atom. The Labute approximate surface area is 146 Å². The van der Waals surface area contributed by atoms with E-state index in [4.69, 9.17) is 5.73 Å². The van der Waals surface area contributed by atoms with Gasteiger partial charge in [-0.15, -0.1) is 12.4 Å². The summed E-state index contributed by atoms with van der Waals surface area (Å²) in [5, 5.41) is 0. The van der Waals surface area contributed by atoms with Gasteiger partial charge in [0.15, 0.2) is 0 Å². The van der Waals surface area contributed by atoms with Crippen LogP contribution in [0, 0.1) is 11.8 Å². The molecule has 136 valence electrons. The fraction of sp³-hybridized carbons (Fsp3) is 0.933. The van der Waals surface area contributed by atoms with Crippen LogP contribution in [0.5, 0.6) is 0 Å². The largest absolute Gasteiger partial charge is 0.342 e. The number of nitrogens with one attached hydrogen (secondary N) is 1. The highest BCUT2D eigenvalue weighted by molar-refractivity contribution is 7.89. The SMILES string of the molecule is CCCS(=O)(=O)NC1CCN(C(=O)[C@@H]2CCC[C@@H]2CN)CC1.Cl. The fourth-order valence-electron chi connectivity index (χ4n) is 3.68. The van der Waals surface area contributed by atoms with E-state index in [9.17, 15) is 13.2 Å². The standard InChI is InChI=1S/C15H29N3O3S.ClH/c1-2-10-22(20,21)17-13-6-8-18(9-7-13)15(19)14-5-3-4-12(14)11-16;/h12-14,17H,2-11,16H2,1H3;1H/t12-,14-;/m1./s1. The molecule has 23 heavy (non-hydrogen) atoms. The molecular weight excluding hydrogens is 338 g/mol. The topological polar surface area (TPSA) is 92.5 Å². The van der Waals surface area contributed by atoms with Crippen LogP contribution < -0.4 is 10.5 Å². The molecule has 0 unspecified atom stereocenters. The predicted octanol–water partition coefficient (Wildman–Crippen LogP) is 1.10. The van der Waals surface area contributed by atoms with Gasteiger partial charge in [0.05, 0.1) is 5.75 Å². The van der Waals surface area contributed by atoms with Gasteiger partial charge in [0.25, 0.3) is 0 Å². The predicted molar refractivity (Wildman–Crippen MR) is 93.9 cm³/mol. The quantitative estimate of drug-likeness (QED) is 0.735. The maximum absolute atomic E-state index is 12.6. The Morgan fingerprint density at radius 2 is 1.87 bits per heavy atom. The molecule has 0 bridgehead atoms. The number of rotatable bonds is 6. The van der Waals surface area contributed by atoms with Gasteiger partial charge in [0.2, 0.25) is 15.9 Å². The van der Waals surface area contributed by atoms with Crippen molar-refractivity contribution in [1.29, 1.82) is 0 Å². The number of nitrogens with zero attached hydrogens (tertiary/aromatic N) is 1. The Bertz CT molecular complexity index is 478. The van der Waals surface area contributed by atoms with Crippen LogP contribution in [-0.2, 0) is 14.8 Å². The molecule has 0 aromatic rings. The van der Waals surface area contributed by atoms with Crippen molar-refractivity contribution < 1.29 is 13.2 Å². The summed E-state index contributed by atoms with van der Waals surface area (Å²) < 4.78 is 26.4. The molecule has 0 radical (unpaired) electrons. The van der Waals surface area contributed by atoms with E-state index in [2.05, 4.69) is 4.72 Å². The first kappa shape index (κ1) is 20.7. The maximum atomic E-state index is 12.6. The van der Waals surface area contributed by atoms with Crippen molar-refractivity contribution >= 4 is 28.3 Å². The minimum Gasteiger partial charge on any atom is -0.342 e. The summed E-state index contributed by atoms with van der Waals surface area (Å²) in [6.45, 7) is 3.73. The smallest absolute Gasteiger partial charge is 0.226 e. The van der Waals surface area contributed by atoms with Crippen LogP contribution in [0.1, 0.15) is 45.4 Å². The Kier molecular flexibility index (Phi) is 8.27. The molecule has 2 aliphatic rings. The van der Waals surface area contributed by atoms with Gasteiger partial charge >= 0.3 is 0 Å². The van der Waals surface area contributed by atoms with Crippen molar-refractivity contribution in [3.05, 3.63) is 0 Å². The Hall–Kier alpha value is -0.370. The van der Waals surface area contributed by atoms with E-state index in [1.165, 1.54) is 0 Å². The zero-order chi connectivity index (χ0) is 16.2. The number of sulfonamides is 1. The van der Waals surface area contributed by atoms with Crippen LogP contribution in [0.25, 0.3) is 0 Å². The van der Waals surface area contributed by atoms with Crippen molar-refractivity contribution in [2.45, 2.75) is 51.5 Å². The third-order valence-corrected chi connectivity index (χ3v) is 6.54. The van der Waals surface area contributed by atoms with Crippen molar-refractivity contribution in [3.63, 3.8) is 0 Å². The van der Waals surface area contributed by atoms with Gasteiger partial charge in [-0.05, 0) is 44.6 Å². The summed E-state index contributed by atoms with van der Waals surface area (Å²) >= 11 is 0. The van der Waals surface area contributed by atoms with Gasteiger partial charge in [-0.25, -0.2) is 13.1 Å². The summed E-state index contributed by atoms with van der Waals surface area (Å²) in [4.78, 5) is 14.5. The molecule has 0 aromatic carbocycles. The lowest BCUT2D eigenvalue weighted by molar-refractivity contribution is -0.137. The molecule has 1 heterocycles. The lowest BCUT2D eigenvalue weighted by atomic mass is 9.93. The lowest BCUT2D eigenvalue weighted by Gasteiger charge is -2.34. The van der Waals surface area contributed by atoms with Crippen LogP contribution in [0.4, 0.5) is 0 Å². The Balaban J connectivity index is 0.00000264. The minimum absolute atomic E-state index is 0. The first-order valence-corrected chi connectivity index (χ1v) is 10.1. The van der Waals surface area contributed by atoms with Crippen LogP contribution in [0.3, 0.4) is 0 Å². The molecule has 1 saturated carbocycles. The van der Waals surface area contributed by atoms with Crippen molar-refractivity contribution in [2.24, 2.45) is 17.6 Å². The van der Waals surface area contributed by atoms with Gasteiger partial charge in [-0.1, -0.05) is 13.3 Å². The zero-order valence-electron chi connectivity index (χ0n) is 13.9. The normalized spacial score (nSPS) is 26.1. The van der Waals surface area contributed by atoms with Crippen LogP contribution in [0.15, 0.2) is 0 Å². The number of piperidine rings is 1. The number of hydrogen-bond acceptors (Lipinski definition) is 4. The molecular formula is C15H30ClN3O3S. The first-order valence-electron chi connectivity index (χ1n) is 8.45. The second-order valence-corrected chi connectivity index (χ2v) is 8.44. The van der Waals surface area contributed by atoms with Crippen molar-refractivity contribution in [1.82, 2.24) is 9.62 Å². The van der Waals surface area contributed by atoms with Gasteiger partial charge in [-0.2, -0.15) is 0 Å². The van der Waals surface area contributed by atoms with Gasteiger partial charge in [-0.3, -0.25) is 4.79 Å². The Morgan fingerprint density at radius 3 is 2.43 bits per heavy atom. The maximum Gasteiger partial charge on any atom is 0.226 e. The van der Waals surface area contributed by atoms with Crippen molar-refractivity contribution in [3.8, 4) is 0 Å². The van der Waals surface area contributed by atoms with Crippen molar-refractivity contribution in [2.75, 3.05) is 25.4 Å². The number of hydrogen-bond donors (Lipinski definition) is 2. The average Bonchev–Trinajstić information content (AvgIpc) is 2.95. The van der Waals surface area contributed by atoms with Gasteiger partial charge in [0.1, 0.15) is 0 Å². The molecule has 6 nitrogen and oxygen atoms in total. The molecule has 2 atom stereocenters. The second kappa shape index (κ2) is 9.20. The van der Waals surface area contributed by atoms with E-state index < -0.39 is 10.0 Å². The van der Waals surface area contributed by atoms with E-state index >= 15 is 0 Å². The van der Waals surface area contributed by atoms with Gasteiger partial charge in [0, 0.05) is 25.0 Å². The summed E-state index contributed by atoms with van der Waals surface area (Å²) in [6, 6.07) is -0.0329. The first-order chi connectivity index (χ1) is 10.5. The third kappa shape index (κ3) is 5.59. The molecule has 1 aliphatic heterocycles. The highest BCUT2D eigenvalue weighted by atomic mass is 35.5. The number of nitrogens with two attached hydrogens (primary N) is 1. The number of halogens is 1. The van der Waals surface area contributed by atoms with Crippen LogP contribution >= 0.6 is 12.4 Å². The molecule has 3 N–H and O–H groups in total. The van der Waals surface area contributed by atoms with E-state index in [1.54, 1.807) is 0 Å². The number of amides is 1. The highest BCUT2D eigenvalue weighted by Gasteiger charge is 2.36. The average molecular weight is 368 g/mol. The van der Waals surface area contributed by atoms with Crippen LogP contribution in [-0.4, -0.2) is 50.7 Å². The van der Waals surface area contributed by atoms with E-state index in [1.807, 2.05) is 11.8 Å².